The van der Waals surface area contributed by atoms with Crippen molar-refractivity contribution >= 4 is 0 Å². The fraction of sp³-hybridized carbons (Fsp3) is 0.722. The van der Waals surface area contributed by atoms with E-state index in [0.717, 1.165) is 36.1 Å². The third-order valence-electron chi connectivity index (χ3n) is 4.99. The van der Waals surface area contributed by atoms with E-state index < -0.39 is 0 Å². The average Bonchev–Trinajstić information content (AvgIpc) is 2.69. The number of aryl methyl sites for hydroxylation is 1. The molecule has 0 amide bonds. The molecule has 0 saturated heterocycles. The molecule has 1 N–H and O–H groups in total. The van der Waals surface area contributed by atoms with Gasteiger partial charge in [0.1, 0.15) is 5.75 Å². The predicted octanol–water partition coefficient (Wildman–Crippen LogP) is 3.67. The lowest BCUT2D eigenvalue weighted by molar-refractivity contribution is 0.301. The highest BCUT2D eigenvalue weighted by Crippen LogP contribution is 2.33. The third-order valence-corrected chi connectivity index (χ3v) is 4.99. The molecule has 1 saturated carbocycles. The molecule has 0 radical (unpaired) electrons. The Morgan fingerprint density at radius 2 is 1.90 bits per heavy atom. The highest BCUT2D eigenvalue weighted by atomic mass is 16.5. The number of hydrogen-bond donors (Lipinski definition) is 1. The summed E-state index contributed by atoms with van der Waals surface area (Å²) < 4.78 is 5.55. The molecule has 2 atom stereocenters. The van der Waals surface area contributed by atoms with Gasteiger partial charge >= 0.3 is 0 Å². The molecule has 1 fully saturated rings. The zero-order chi connectivity index (χ0) is 15.2. The van der Waals surface area contributed by atoms with Gasteiger partial charge in [-0.2, -0.15) is 0 Å². The smallest absolute Gasteiger partial charge is 0.128 e. The summed E-state index contributed by atoms with van der Waals surface area (Å²) in [6.07, 6.45) is 9.89. The van der Waals surface area contributed by atoms with Gasteiger partial charge in [-0.25, -0.2) is 0 Å². The van der Waals surface area contributed by atoms with Crippen LogP contribution in [0.4, 0.5) is 0 Å². The van der Waals surface area contributed by atoms with Crippen LogP contribution in [0.5, 0.6) is 5.75 Å². The lowest BCUT2D eigenvalue weighted by Gasteiger charge is -2.25. The maximum Gasteiger partial charge on any atom is 0.128 e. The van der Waals surface area contributed by atoms with Crippen LogP contribution in [0.1, 0.15) is 48.9 Å². The molecule has 0 aromatic carbocycles. The summed E-state index contributed by atoms with van der Waals surface area (Å²) in [5, 5.41) is 3.38. The molecular formula is C18H30N2O. The summed E-state index contributed by atoms with van der Waals surface area (Å²) in [6.45, 7) is 5.35. The van der Waals surface area contributed by atoms with E-state index in [1.54, 1.807) is 7.11 Å². The Kier molecular flexibility index (Phi) is 6.04. The number of nitrogens with one attached hydrogen (secondary N) is 1. The SMILES string of the molecule is CNCC1CCCCCC1Cc1ncc(C)c(OC)c1C. The first-order valence-electron chi connectivity index (χ1n) is 8.31. The molecule has 1 aromatic rings. The average molecular weight is 290 g/mol. The number of ether oxygens (including phenoxy) is 1. The molecule has 118 valence electrons. The Morgan fingerprint density at radius 3 is 2.57 bits per heavy atom. The normalized spacial score (nSPS) is 22.9. The molecule has 3 nitrogen and oxygen atoms in total. The van der Waals surface area contributed by atoms with Crippen LogP contribution >= 0.6 is 0 Å². The van der Waals surface area contributed by atoms with Gasteiger partial charge in [0.2, 0.25) is 0 Å². The molecule has 0 bridgehead atoms. The van der Waals surface area contributed by atoms with Crippen molar-refractivity contribution in [2.45, 2.75) is 52.4 Å². The minimum Gasteiger partial charge on any atom is -0.496 e. The van der Waals surface area contributed by atoms with Crippen LogP contribution in [-0.2, 0) is 6.42 Å². The van der Waals surface area contributed by atoms with Crippen LogP contribution in [-0.4, -0.2) is 25.7 Å². The first kappa shape index (κ1) is 16.3. The first-order valence-corrected chi connectivity index (χ1v) is 8.31. The van der Waals surface area contributed by atoms with Crippen LogP contribution in [0.25, 0.3) is 0 Å². The monoisotopic (exact) mass is 290 g/mol. The second-order valence-corrected chi connectivity index (χ2v) is 6.47. The van der Waals surface area contributed by atoms with Crippen molar-refractivity contribution in [3.05, 3.63) is 23.0 Å². The number of pyridine rings is 1. The van der Waals surface area contributed by atoms with E-state index >= 15 is 0 Å². The number of rotatable bonds is 5. The maximum atomic E-state index is 5.55. The maximum absolute atomic E-state index is 5.55. The van der Waals surface area contributed by atoms with Crippen molar-refractivity contribution in [1.82, 2.24) is 10.3 Å². The van der Waals surface area contributed by atoms with Gasteiger partial charge in [-0.1, -0.05) is 19.3 Å². The number of aromatic nitrogens is 1. The van der Waals surface area contributed by atoms with Crippen molar-refractivity contribution in [3.8, 4) is 5.75 Å². The topological polar surface area (TPSA) is 34.2 Å². The lowest BCUT2D eigenvalue weighted by Crippen LogP contribution is -2.27. The summed E-state index contributed by atoms with van der Waals surface area (Å²) in [7, 11) is 3.83. The van der Waals surface area contributed by atoms with Gasteiger partial charge in [-0.05, 0) is 58.5 Å². The van der Waals surface area contributed by atoms with E-state index in [-0.39, 0.29) is 0 Å². The molecule has 0 spiro atoms. The van der Waals surface area contributed by atoms with E-state index in [2.05, 4.69) is 26.2 Å². The summed E-state index contributed by atoms with van der Waals surface area (Å²) in [6, 6.07) is 0. The van der Waals surface area contributed by atoms with Gasteiger partial charge in [0.15, 0.2) is 0 Å². The van der Waals surface area contributed by atoms with E-state index in [9.17, 15) is 0 Å². The van der Waals surface area contributed by atoms with Gasteiger partial charge in [-0.15, -0.1) is 0 Å². The van der Waals surface area contributed by atoms with Crippen LogP contribution in [0, 0.1) is 25.7 Å². The van der Waals surface area contributed by atoms with Gasteiger partial charge in [0, 0.05) is 23.0 Å². The Labute approximate surface area is 129 Å². The van der Waals surface area contributed by atoms with Crippen LogP contribution in [0.2, 0.25) is 0 Å². The van der Waals surface area contributed by atoms with E-state index in [1.807, 2.05) is 6.20 Å². The minimum absolute atomic E-state index is 0.749. The summed E-state index contributed by atoms with van der Waals surface area (Å²) in [5.41, 5.74) is 3.58. The van der Waals surface area contributed by atoms with E-state index in [4.69, 9.17) is 9.72 Å². The molecule has 1 heterocycles. The highest BCUT2D eigenvalue weighted by molar-refractivity contribution is 5.41. The Hall–Kier alpha value is -1.09. The third kappa shape index (κ3) is 3.97. The highest BCUT2D eigenvalue weighted by Gasteiger charge is 2.25. The fourth-order valence-corrected chi connectivity index (χ4v) is 3.79. The van der Waals surface area contributed by atoms with Crippen molar-refractivity contribution in [2.75, 3.05) is 20.7 Å². The first-order chi connectivity index (χ1) is 10.2. The quantitative estimate of drug-likeness (QED) is 0.840. The summed E-state index contributed by atoms with van der Waals surface area (Å²) in [5.74, 6) is 2.54. The summed E-state index contributed by atoms with van der Waals surface area (Å²) in [4.78, 5) is 4.71. The zero-order valence-corrected chi connectivity index (χ0v) is 14.0. The molecule has 1 aromatic heterocycles. The van der Waals surface area contributed by atoms with Crippen LogP contribution < -0.4 is 10.1 Å². The number of methoxy groups -OCH3 is 1. The van der Waals surface area contributed by atoms with Gasteiger partial charge in [-0.3, -0.25) is 4.98 Å². The predicted molar refractivity (Wildman–Crippen MR) is 88.0 cm³/mol. The molecular weight excluding hydrogens is 260 g/mol. The number of hydrogen-bond acceptors (Lipinski definition) is 3. The molecule has 3 heteroatoms. The minimum atomic E-state index is 0.749. The second-order valence-electron chi connectivity index (χ2n) is 6.47. The largest absolute Gasteiger partial charge is 0.496 e. The van der Waals surface area contributed by atoms with Crippen molar-refractivity contribution < 1.29 is 4.74 Å². The molecule has 2 rings (SSSR count). The van der Waals surface area contributed by atoms with Crippen LogP contribution in [0.15, 0.2) is 6.20 Å². The molecule has 0 aliphatic heterocycles. The molecule has 21 heavy (non-hydrogen) atoms. The Balaban J connectivity index is 2.18. The second kappa shape index (κ2) is 7.79. The Bertz CT molecular complexity index is 459. The van der Waals surface area contributed by atoms with Crippen molar-refractivity contribution in [3.63, 3.8) is 0 Å². The van der Waals surface area contributed by atoms with Gasteiger partial charge in [0.25, 0.3) is 0 Å². The van der Waals surface area contributed by atoms with Gasteiger partial charge in [0.05, 0.1) is 7.11 Å². The molecule has 1 aliphatic carbocycles. The Morgan fingerprint density at radius 1 is 1.19 bits per heavy atom. The van der Waals surface area contributed by atoms with Gasteiger partial charge < -0.3 is 10.1 Å². The number of nitrogens with zero attached hydrogens (tertiary/aromatic N) is 1. The standard InChI is InChI=1S/C18H30N2O/c1-13-11-20-17(14(2)18(13)21-4)10-15-8-6-5-7-9-16(15)12-19-3/h11,15-16,19H,5-10,12H2,1-4H3. The van der Waals surface area contributed by atoms with E-state index in [0.29, 0.717) is 0 Å². The fourth-order valence-electron chi connectivity index (χ4n) is 3.79. The van der Waals surface area contributed by atoms with Crippen LogP contribution in [0.3, 0.4) is 0 Å². The zero-order valence-electron chi connectivity index (χ0n) is 14.0. The lowest BCUT2D eigenvalue weighted by atomic mass is 9.83. The van der Waals surface area contributed by atoms with Crippen molar-refractivity contribution in [2.24, 2.45) is 11.8 Å². The summed E-state index contributed by atoms with van der Waals surface area (Å²) >= 11 is 0. The van der Waals surface area contributed by atoms with E-state index in [1.165, 1.54) is 43.4 Å². The molecule has 2 unspecified atom stereocenters. The van der Waals surface area contributed by atoms with Crippen molar-refractivity contribution in [1.29, 1.82) is 0 Å². The molecule has 1 aliphatic rings.